The number of carbonyl (C=O) groups excluding carboxylic acids is 2. The summed E-state index contributed by atoms with van der Waals surface area (Å²) < 4.78 is 5.69. The van der Waals surface area contributed by atoms with Gasteiger partial charge in [-0.1, -0.05) is 45.0 Å². The molecule has 0 bridgehead atoms. The van der Waals surface area contributed by atoms with Crippen LogP contribution in [-0.4, -0.2) is 58.9 Å². The van der Waals surface area contributed by atoms with E-state index in [9.17, 15) is 14.7 Å². The summed E-state index contributed by atoms with van der Waals surface area (Å²) in [5, 5.41) is 11.2. The molecule has 1 amide bonds. The number of likely N-dealkylation sites (tertiary alicyclic amines) is 1. The molecular weight excluding hydrogens is 428 g/mol. The number of ketones is 1. The lowest BCUT2D eigenvalue weighted by Crippen LogP contribution is -2.38. The number of likely N-dealkylation sites (N-methyl/N-ethyl adjacent to an activating group) is 1. The summed E-state index contributed by atoms with van der Waals surface area (Å²) in [5.41, 5.74) is 2.60. The number of hydrogen-bond acceptors (Lipinski definition) is 5. The standard InChI is InChI=1S/C28H36N2O4/c1-6-20-9-11-21(12-10-20)25-24(26(31)22-13-15-23(16-14-22)34-19(4)5)27(32)28(33)30(25)18-17-29(7-2)8-3/h9-16,19,25,31H,6-8,17-18H2,1-5H3. The summed E-state index contributed by atoms with van der Waals surface area (Å²) in [6.07, 6.45) is 0.925. The number of amides is 1. The fourth-order valence-corrected chi connectivity index (χ4v) is 4.30. The van der Waals surface area contributed by atoms with E-state index in [1.807, 2.05) is 38.1 Å². The third-order valence-corrected chi connectivity index (χ3v) is 6.29. The van der Waals surface area contributed by atoms with E-state index in [4.69, 9.17) is 4.74 Å². The first-order valence-corrected chi connectivity index (χ1v) is 12.2. The van der Waals surface area contributed by atoms with Crippen LogP contribution in [0.5, 0.6) is 5.75 Å². The Hall–Kier alpha value is -3.12. The van der Waals surface area contributed by atoms with Gasteiger partial charge in [0.15, 0.2) is 0 Å². The van der Waals surface area contributed by atoms with Crippen molar-refractivity contribution in [1.29, 1.82) is 0 Å². The summed E-state index contributed by atoms with van der Waals surface area (Å²) in [6.45, 7) is 12.9. The largest absolute Gasteiger partial charge is 0.507 e. The maximum Gasteiger partial charge on any atom is 0.295 e. The van der Waals surface area contributed by atoms with Crippen molar-refractivity contribution in [2.45, 2.75) is 53.2 Å². The highest BCUT2D eigenvalue weighted by Gasteiger charge is 2.45. The minimum atomic E-state index is -0.649. The van der Waals surface area contributed by atoms with Gasteiger partial charge in [-0.3, -0.25) is 9.59 Å². The topological polar surface area (TPSA) is 70.1 Å². The van der Waals surface area contributed by atoms with Gasteiger partial charge < -0.3 is 19.6 Å². The Bertz CT molecular complexity index is 1020. The van der Waals surface area contributed by atoms with Crippen LogP contribution >= 0.6 is 0 Å². The van der Waals surface area contributed by atoms with Gasteiger partial charge in [0.1, 0.15) is 11.5 Å². The predicted molar refractivity (Wildman–Crippen MR) is 135 cm³/mol. The molecule has 0 aliphatic carbocycles. The van der Waals surface area contributed by atoms with Crippen LogP contribution in [0.4, 0.5) is 0 Å². The lowest BCUT2D eigenvalue weighted by Gasteiger charge is -2.28. The first-order chi connectivity index (χ1) is 16.3. The van der Waals surface area contributed by atoms with Crippen molar-refractivity contribution in [3.05, 3.63) is 70.8 Å². The maximum atomic E-state index is 13.2. The van der Waals surface area contributed by atoms with Gasteiger partial charge in [-0.05, 0) is 68.8 Å². The van der Waals surface area contributed by atoms with Crippen molar-refractivity contribution in [3.8, 4) is 5.75 Å². The molecule has 2 aromatic carbocycles. The van der Waals surface area contributed by atoms with Crippen LogP contribution in [0.3, 0.4) is 0 Å². The Morgan fingerprint density at radius 3 is 2.15 bits per heavy atom. The molecule has 0 spiro atoms. The van der Waals surface area contributed by atoms with E-state index in [1.165, 1.54) is 5.56 Å². The van der Waals surface area contributed by atoms with Crippen molar-refractivity contribution in [3.63, 3.8) is 0 Å². The average Bonchev–Trinajstić information content (AvgIpc) is 3.09. The Labute approximate surface area is 202 Å². The average molecular weight is 465 g/mol. The molecule has 1 fully saturated rings. The Morgan fingerprint density at radius 1 is 1.00 bits per heavy atom. The molecule has 1 unspecified atom stereocenters. The maximum absolute atomic E-state index is 13.2. The van der Waals surface area contributed by atoms with Crippen molar-refractivity contribution >= 4 is 17.4 Å². The number of aliphatic hydroxyl groups excluding tert-OH is 1. The number of hydrogen-bond donors (Lipinski definition) is 1. The van der Waals surface area contributed by atoms with Crippen LogP contribution < -0.4 is 4.74 Å². The van der Waals surface area contributed by atoms with Gasteiger partial charge in [-0.25, -0.2) is 0 Å². The number of Topliss-reactive ketones (excluding diaryl/α,β-unsaturated/α-hetero) is 1. The van der Waals surface area contributed by atoms with Gasteiger partial charge in [-0.2, -0.15) is 0 Å². The molecule has 0 saturated carbocycles. The zero-order chi connectivity index (χ0) is 24.8. The lowest BCUT2D eigenvalue weighted by molar-refractivity contribution is -0.140. The van der Waals surface area contributed by atoms with Gasteiger partial charge >= 0.3 is 0 Å². The molecule has 6 heteroatoms. The quantitative estimate of drug-likeness (QED) is 0.311. The van der Waals surface area contributed by atoms with E-state index in [0.29, 0.717) is 24.4 Å². The SMILES string of the molecule is CCc1ccc(C2C(=C(O)c3ccc(OC(C)C)cc3)C(=O)C(=O)N2CCN(CC)CC)cc1. The van der Waals surface area contributed by atoms with Gasteiger partial charge in [0, 0.05) is 18.7 Å². The summed E-state index contributed by atoms with van der Waals surface area (Å²) in [5.74, 6) is -0.704. The van der Waals surface area contributed by atoms with E-state index < -0.39 is 17.7 Å². The normalized spacial score (nSPS) is 17.7. The molecule has 1 aliphatic heterocycles. The van der Waals surface area contributed by atoms with Crippen LogP contribution in [0.2, 0.25) is 0 Å². The van der Waals surface area contributed by atoms with E-state index >= 15 is 0 Å². The molecule has 1 N–H and O–H groups in total. The third kappa shape index (κ3) is 5.50. The molecule has 3 rings (SSSR count). The number of aliphatic hydroxyl groups is 1. The number of ether oxygens (including phenoxy) is 1. The number of carbonyl (C=O) groups is 2. The highest BCUT2D eigenvalue weighted by atomic mass is 16.5. The third-order valence-electron chi connectivity index (χ3n) is 6.29. The van der Waals surface area contributed by atoms with Crippen molar-refractivity contribution in [1.82, 2.24) is 9.80 Å². The van der Waals surface area contributed by atoms with E-state index in [2.05, 4.69) is 25.7 Å². The van der Waals surface area contributed by atoms with Crippen LogP contribution in [0.1, 0.15) is 57.4 Å². The van der Waals surface area contributed by atoms with Gasteiger partial charge in [0.05, 0.1) is 17.7 Å². The van der Waals surface area contributed by atoms with Crippen LogP contribution in [0.15, 0.2) is 54.1 Å². The molecule has 182 valence electrons. The van der Waals surface area contributed by atoms with Crippen LogP contribution in [0, 0.1) is 0 Å². The number of benzene rings is 2. The van der Waals surface area contributed by atoms with Crippen molar-refractivity contribution in [2.24, 2.45) is 0 Å². The first-order valence-electron chi connectivity index (χ1n) is 12.2. The molecule has 0 aromatic heterocycles. The van der Waals surface area contributed by atoms with E-state index in [-0.39, 0.29) is 17.4 Å². The highest BCUT2D eigenvalue weighted by molar-refractivity contribution is 6.46. The molecule has 1 saturated heterocycles. The molecule has 1 heterocycles. The minimum absolute atomic E-state index is 0.0293. The summed E-state index contributed by atoms with van der Waals surface area (Å²) in [4.78, 5) is 30.1. The van der Waals surface area contributed by atoms with Gasteiger partial charge in [0.2, 0.25) is 0 Å². The number of rotatable bonds is 10. The molecule has 34 heavy (non-hydrogen) atoms. The molecule has 2 aromatic rings. The Morgan fingerprint density at radius 2 is 1.62 bits per heavy atom. The Balaban J connectivity index is 2.04. The minimum Gasteiger partial charge on any atom is -0.507 e. The fourth-order valence-electron chi connectivity index (χ4n) is 4.30. The zero-order valence-electron chi connectivity index (χ0n) is 20.9. The smallest absolute Gasteiger partial charge is 0.295 e. The first kappa shape index (κ1) is 25.5. The van der Waals surface area contributed by atoms with E-state index in [0.717, 1.165) is 25.1 Å². The van der Waals surface area contributed by atoms with Crippen molar-refractivity contribution < 1.29 is 19.4 Å². The second kappa shape index (κ2) is 11.3. The second-order valence-electron chi connectivity index (χ2n) is 8.81. The monoisotopic (exact) mass is 464 g/mol. The molecule has 1 atom stereocenters. The highest BCUT2D eigenvalue weighted by Crippen LogP contribution is 2.39. The Kier molecular flexibility index (Phi) is 8.51. The molecule has 0 radical (unpaired) electrons. The molecule has 6 nitrogen and oxygen atoms in total. The lowest BCUT2D eigenvalue weighted by atomic mass is 9.94. The van der Waals surface area contributed by atoms with Crippen LogP contribution in [0.25, 0.3) is 5.76 Å². The predicted octanol–water partition coefficient (Wildman–Crippen LogP) is 4.80. The van der Waals surface area contributed by atoms with Gasteiger partial charge in [0.25, 0.3) is 11.7 Å². The number of aryl methyl sites for hydroxylation is 1. The summed E-state index contributed by atoms with van der Waals surface area (Å²) in [6, 6.07) is 14.2. The molecule has 1 aliphatic rings. The van der Waals surface area contributed by atoms with Crippen molar-refractivity contribution in [2.75, 3.05) is 26.2 Å². The summed E-state index contributed by atoms with van der Waals surface area (Å²) in [7, 11) is 0. The zero-order valence-corrected chi connectivity index (χ0v) is 20.9. The van der Waals surface area contributed by atoms with Gasteiger partial charge in [-0.15, -0.1) is 0 Å². The van der Waals surface area contributed by atoms with Crippen LogP contribution in [-0.2, 0) is 16.0 Å². The fraction of sp³-hybridized carbons (Fsp3) is 0.429. The summed E-state index contributed by atoms with van der Waals surface area (Å²) >= 11 is 0. The van der Waals surface area contributed by atoms with E-state index in [1.54, 1.807) is 29.2 Å². The number of nitrogens with zero attached hydrogens (tertiary/aromatic N) is 2. The molecular formula is C28H36N2O4. The second-order valence-corrected chi connectivity index (χ2v) is 8.81.